The van der Waals surface area contributed by atoms with Crippen LogP contribution in [0.4, 0.5) is 8.78 Å². The van der Waals surface area contributed by atoms with Gasteiger partial charge >= 0.3 is 16.1 Å². The van der Waals surface area contributed by atoms with Gasteiger partial charge < -0.3 is 4.18 Å². The molecule has 0 bridgehead atoms. The molecule has 0 amide bonds. The van der Waals surface area contributed by atoms with Crippen molar-refractivity contribution in [1.29, 1.82) is 0 Å². The van der Waals surface area contributed by atoms with Crippen LogP contribution in [0.2, 0.25) is 0 Å². The highest BCUT2D eigenvalue weighted by molar-refractivity contribution is 9.10. The summed E-state index contributed by atoms with van der Waals surface area (Å²) in [5.41, 5.74) is 1.26. The number of hydrogen-bond donors (Lipinski definition) is 0. The molecule has 0 atom stereocenters. The summed E-state index contributed by atoms with van der Waals surface area (Å²) in [5.74, 6) is -3.37. The molecule has 0 fully saturated rings. The molecule has 1 aromatic heterocycles. The van der Waals surface area contributed by atoms with E-state index in [2.05, 4.69) is 25.2 Å². The van der Waals surface area contributed by atoms with Crippen molar-refractivity contribution in [1.82, 2.24) is 9.78 Å². The van der Waals surface area contributed by atoms with E-state index in [1.807, 2.05) is 13.0 Å². The highest BCUT2D eigenvalue weighted by Gasteiger charge is 2.31. The van der Waals surface area contributed by atoms with Gasteiger partial charge in [-0.1, -0.05) is 37.3 Å². The first-order valence-electron chi connectivity index (χ1n) is 8.43. The van der Waals surface area contributed by atoms with Crippen molar-refractivity contribution in [2.45, 2.75) is 25.3 Å². The van der Waals surface area contributed by atoms with Gasteiger partial charge in [-0.15, -0.1) is 0 Å². The zero-order valence-corrected chi connectivity index (χ0v) is 17.7. The molecule has 0 aliphatic heterocycles. The minimum atomic E-state index is -4.59. The predicted octanol–water partition coefficient (Wildman–Crippen LogP) is 4.39. The first-order chi connectivity index (χ1) is 13.7. The average molecular weight is 485 g/mol. The largest absolute Gasteiger partial charge is 0.362 e. The van der Waals surface area contributed by atoms with E-state index in [0.717, 1.165) is 23.2 Å². The molecule has 3 rings (SSSR count). The molecule has 0 radical (unpaired) electrons. The van der Waals surface area contributed by atoms with Crippen LogP contribution in [-0.4, -0.2) is 24.2 Å². The van der Waals surface area contributed by atoms with Gasteiger partial charge in [-0.3, -0.25) is 4.79 Å². The van der Waals surface area contributed by atoms with Crippen LogP contribution in [0.1, 0.15) is 19.4 Å². The van der Waals surface area contributed by atoms with Gasteiger partial charge in [-0.05, 0) is 40.0 Å². The minimum absolute atomic E-state index is 0.0386. The summed E-state index contributed by atoms with van der Waals surface area (Å²) in [6, 6.07) is 10.5. The molecule has 0 saturated carbocycles. The van der Waals surface area contributed by atoms with Crippen LogP contribution in [0, 0.1) is 11.6 Å². The molecule has 0 saturated heterocycles. The smallest absolute Gasteiger partial charge is 0.341 e. The number of carbonyl (C=O) groups excluding carboxylic acids is 1. The number of carbonyl (C=O) groups is 1. The summed E-state index contributed by atoms with van der Waals surface area (Å²) < 4.78 is 58.7. The highest BCUT2D eigenvalue weighted by atomic mass is 79.9. The van der Waals surface area contributed by atoms with Gasteiger partial charge in [0.15, 0.2) is 11.6 Å². The zero-order valence-electron chi connectivity index (χ0n) is 15.3. The lowest BCUT2D eigenvalue weighted by atomic mass is 10.0. The lowest BCUT2D eigenvalue weighted by Crippen LogP contribution is -2.12. The third-order valence-corrected chi connectivity index (χ3v) is 6.30. The summed E-state index contributed by atoms with van der Waals surface area (Å²) in [6.07, 6.45) is 0.589. The molecule has 152 valence electrons. The number of halogens is 3. The second-order valence-electron chi connectivity index (χ2n) is 5.99. The average Bonchev–Trinajstić information content (AvgIpc) is 3.00. The lowest BCUT2D eigenvalue weighted by molar-refractivity contribution is -0.131. The zero-order chi connectivity index (χ0) is 21.3. The molecule has 0 aliphatic carbocycles. The van der Waals surface area contributed by atoms with Crippen molar-refractivity contribution in [2.24, 2.45) is 0 Å². The van der Waals surface area contributed by atoms with Crippen LogP contribution in [0.5, 0.6) is 0 Å². The first-order valence-corrected chi connectivity index (χ1v) is 10.6. The Hall–Kier alpha value is -2.59. The molecular weight excluding hydrogens is 470 g/mol. The fraction of sp³-hybridized carbons (Fsp3) is 0.158. The standard InChI is InChI=1S/C19H15BrF2N2O4S/c1-3-12-7-4-5-8-13(12)18-16(20)19(29(26,27)28-11(2)25)23-24(18)15-10-6-9-14(21)17(15)22/h4-10H,3H2,1-2H3. The normalized spacial score (nSPS) is 11.5. The van der Waals surface area contributed by atoms with Crippen molar-refractivity contribution in [2.75, 3.05) is 0 Å². The minimum Gasteiger partial charge on any atom is -0.341 e. The highest BCUT2D eigenvalue weighted by Crippen LogP contribution is 2.38. The lowest BCUT2D eigenvalue weighted by Gasteiger charge is -2.12. The number of hydrogen-bond acceptors (Lipinski definition) is 5. The Morgan fingerprint density at radius 2 is 1.86 bits per heavy atom. The van der Waals surface area contributed by atoms with Crippen LogP contribution in [-0.2, 0) is 25.5 Å². The Morgan fingerprint density at radius 1 is 1.17 bits per heavy atom. The summed E-state index contributed by atoms with van der Waals surface area (Å²) in [5, 5.41) is 3.33. The molecule has 6 nitrogen and oxygen atoms in total. The number of aromatic nitrogens is 2. The number of nitrogens with zero attached hydrogens (tertiary/aromatic N) is 2. The Bertz CT molecular complexity index is 1210. The van der Waals surface area contributed by atoms with E-state index >= 15 is 0 Å². The van der Waals surface area contributed by atoms with Crippen molar-refractivity contribution < 1.29 is 26.2 Å². The third-order valence-electron chi connectivity index (χ3n) is 4.07. The molecule has 29 heavy (non-hydrogen) atoms. The Balaban J connectivity index is 2.40. The van der Waals surface area contributed by atoms with Gasteiger partial charge in [0.05, 0.1) is 10.2 Å². The Morgan fingerprint density at radius 3 is 2.52 bits per heavy atom. The van der Waals surface area contributed by atoms with Gasteiger partial charge in [0.25, 0.3) is 0 Å². The van der Waals surface area contributed by atoms with Crippen LogP contribution in [0.25, 0.3) is 16.9 Å². The van der Waals surface area contributed by atoms with Gasteiger partial charge in [0, 0.05) is 12.5 Å². The van der Waals surface area contributed by atoms with E-state index in [4.69, 9.17) is 0 Å². The van der Waals surface area contributed by atoms with E-state index in [1.165, 1.54) is 12.1 Å². The maximum absolute atomic E-state index is 14.5. The summed E-state index contributed by atoms with van der Waals surface area (Å²) >= 11 is 3.20. The quantitative estimate of drug-likeness (QED) is 0.501. The van der Waals surface area contributed by atoms with E-state index in [1.54, 1.807) is 18.2 Å². The molecule has 0 aliphatic rings. The fourth-order valence-corrected chi connectivity index (χ4v) is 4.80. The molecule has 0 unspecified atom stereocenters. The number of aryl methyl sites for hydroxylation is 1. The van der Waals surface area contributed by atoms with Gasteiger partial charge in [0.2, 0.25) is 5.03 Å². The van der Waals surface area contributed by atoms with Crippen LogP contribution in [0.15, 0.2) is 52.0 Å². The van der Waals surface area contributed by atoms with Crippen LogP contribution < -0.4 is 0 Å². The van der Waals surface area contributed by atoms with Crippen molar-refractivity contribution in [3.8, 4) is 16.9 Å². The van der Waals surface area contributed by atoms with Crippen molar-refractivity contribution in [3.05, 3.63) is 64.1 Å². The van der Waals surface area contributed by atoms with Gasteiger partial charge in [0.1, 0.15) is 5.69 Å². The molecule has 1 heterocycles. The topological polar surface area (TPSA) is 78.3 Å². The number of benzene rings is 2. The molecule has 0 spiro atoms. The molecule has 2 aromatic carbocycles. The van der Waals surface area contributed by atoms with Crippen molar-refractivity contribution >= 4 is 32.0 Å². The number of rotatable bonds is 5. The van der Waals surface area contributed by atoms with E-state index in [0.29, 0.717) is 12.0 Å². The summed E-state index contributed by atoms with van der Waals surface area (Å²) in [7, 11) is -4.59. The van der Waals surface area contributed by atoms with Crippen LogP contribution >= 0.6 is 15.9 Å². The molecular formula is C19H15BrF2N2O4S. The van der Waals surface area contributed by atoms with Crippen LogP contribution in [0.3, 0.4) is 0 Å². The Labute approximate surface area is 174 Å². The van der Waals surface area contributed by atoms with Gasteiger partial charge in [-0.25, -0.2) is 13.5 Å². The Kier molecular flexibility index (Phi) is 5.85. The van der Waals surface area contributed by atoms with E-state index in [-0.39, 0.29) is 15.9 Å². The third kappa shape index (κ3) is 3.95. The van der Waals surface area contributed by atoms with Crippen molar-refractivity contribution in [3.63, 3.8) is 0 Å². The maximum atomic E-state index is 14.5. The molecule has 3 aromatic rings. The SMILES string of the molecule is CCc1ccccc1-c1c(Br)c(S(=O)(=O)OC(C)=O)nn1-c1cccc(F)c1F. The van der Waals surface area contributed by atoms with E-state index in [9.17, 15) is 22.0 Å². The summed E-state index contributed by atoms with van der Waals surface area (Å²) in [4.78, 5) is 11.2. The fourth-order valence-electron chi connectivity index (χ4n) is 2.85. The second-order valence-corrected chi connectivity index (χ2v) is 8.25. The molecule has 10 heteroatoms. The molecule has 0 N–H and O–H groups in total. The second kappa shape index (κ2) is 8.03. The van der Waals surface area contributed by atoms with E-state index < -0.39 is 32.7 Å². The monoisotopic (exact) mass is 484 g/mol. The predicted molar refractivity (Wildman–Crippen MR) is 105 cm³/mol. The first kappa shape index (κ1) is 21.1. The van der Waals surface area contributed by atoms with Gasteiger partial charge in [-0.2, -0.15) is 13.5 Å². The maximum Gasteiger partial charge on any atom is 0.362 e. The summed E-state index contributed by atoms with van der Waals surface area (Å²) in [6.45, 7) is 2.83.